The van der Waals surface area contributed by atoms with Crippen molar-refractivity contribution in [1.29, 1.82) is 0 Å². The van der Waals surface area contributed by atoms with Crippen LogP contribution >= 0.6 is 0 Å². The van der Waals surface area contributed by atoms with Crippen molar-refractivity contribution in [3.05, 3.63) is 47.4 Å². The molecular weight excluding hydrogens is 316 g/mol. The fourth-order valence-corrected chi connectivity index (χ4v) is 3.18. The third-order valence-electron chi connectivity index (χ3n) is 4.85. The second kappa shape index (κ2) is 6.16. The zero-order chi connectivity index (χ0) is 17.4. The van der Waals surface area contributed by atoms with Crippen LogP contribution in [0.4, 0.5) is 5.82 Å². The third kappa shape index (κ3) is 2.82. The van der Waals surface area contributed by atoms with Gasteiger partial charge in [-0.15, -0.1) is 0 Å². The van der Waals surface area contributed by atoms with Crippen molar-refractivity contribution in [2.75, 3.05) is 31.1 Å². The van der Waals surface area contributed by atoms with Crippen LogP contribution in [0.15, 0.2) is 30.7 Å². The molecule has 0 aliphatic carbocycles. The number of aromatic amines is 1. The van der Waals surface area contributed by atoms with Gasteiger partial charge in [-0.3, -0.25) is 9.89 Å². The second-order valence-electron chi connectivity index (χ2n) is 6.41. The first-order valence-electron chi connectivity index (χ1n) is 8.39. The lowest BCUT2D eigenvalue weighted by Crippen LogP contribution is -2.49. The summed E-state index contributed by atoms with van der Waals surface area (Å²) in [6.45, 7) is 6.93. The average Bonchev–Trinajstić information content (AvgIpc) is 3.12. The van der Waals surface area contributed by atoms with E-state index in [9.17, 15) is 4.79 Å². The first-order valence-corrected chi connectivity index (χ1v) is 8.39. The van der Waals surface area contributed by atoms with E-state index in [1.807, 2.05) is 30.0 Å². The Kier molecular flexibility index (Phi) is 3.83. The van der Waals surface area contributed by atoms with Gasteiger partial charge in [-0.05, 0) is 37.1 Å². The predicted octanol–water partition coefficient (Wildman–Crippen LogP) is 1.93. The highest BCUT2D eigenvalue weighted by molar-refractivity contribution is 5.94. The molecule has 1 amide bonds. The minimum Gasteiger partial charge on any atom is -0.352 e. The molecule has 3 heterocycles. The van der Waals surface area contributed by atoms with E-state index in [-0.39, 0.29) is 5.91 Å². The molecule has 3 aromatic rings. The number of hydrogen-bond acceptors (Lipinski definition) is 5. The highest BCUT2D eigenvalue weighted by Gasteiger charge is 2.24. The van der Waals surface area contributed by atoms with E-state index in [1.54, 1.807) is 12.5 Å². The molecular formula is C18H20N6O. The van der Waals surface area contributed by atoms with Crippen LogP contribution in [-0.2, 0) is 0 Å². The minimum absolute atomic E-state index is 0.0962. The molecule has 0 bridgehead atoms. The maximum absolute atomic E-state index is 12.7. The number of anilines is 1. The van der Waals surface area contributed by atoms with Crippen molar-refractivity contribution in [3.8, 4) is 0 Å². The molecule has 0 radical (unpaired) electrons. The summed E-state index contributed by atoms with van der Waals surface area (Å²) >= 11 is 0. The third-order valence-corrected chi connectivity index (χ3v) is 4.85. The molecule has 1 saturated heterocycles. The lowest BCUT2D eigenvalue weighted by atomic mass is 10.1. The molecule has 7 nitrogen and oxygen atoms in total. The Bertz CT molecular complexity index is 926. The summed E-state index contributed by atoms with van der Waals surface area (Å²) in [7, 11) is 0. The van der Waals surface area contributed by atoms with Gasteiger partial charge < -0.3 is 9.80 Å². The maximum Gasteiger partial charge on any atom is 0.253 e. The quantitative estimate of drug-likeness (QED) is 0.774. The van der Waals surface area contributed by atoms with Crippen molar-refractivity contribution >= 4 is 22.8 Å². The molecule has 1 aliphatic heterocycles. The number of amides is 1. The van der Waals surface area contributed by atoms with Crippen LogP contribution in [0.25, 0.3) is 11.0 Å². The largest absolute Gasteiger partial charge is 0.352 e. The summed E-state index contributed by atoms with van der Waals surface area (Å²) in [5, 5.41) is 7.81. The zero-order valence-corrected chi connectivity index (χ0v) is 14.4. The number of carbonyl (C=O) groups excluding carboxylic acids is 1. The van der Waals surface area contributed by atoms with Crippen LogP contribution in [0, 0.1) is 13.8 Å². The molecule has 2 aromatic heterocycles. The fraction of sp³-hybridized carbons (Fsp3) is 0.333. The number of hydrogen-bond donors (Lipinski definition) is 1. The lowest BCUT2D eigenvalue weighted by Gasteiger charge is -2.35. The van der Waals surface area contributed by atoms with Crippen LogP contribution in [-0.4, -0.2) is 57.2 Å². The van der Waals surface area contributed by atoms with Gasteiger partial charge in [0.15, 0.2) is 5.65 Å². The number of nitrogens with zero attached hydrogens (tertiary/aromatic N) is 5. The summed E-state index contributed by atoms with van der Waals surface area (Å²) in [4.78, 5) is 25.4. The van der Waals surface area contributed by atoms with Gasteiger partial charge in [0.2, 0.25) is 0 Å². The first kappa shape index (κ1) is 15.6. The number of nitrogens with one attached hydrogen (secondary N) is 1. The van der Waals surface area contributed by atoms with Crippen LogP contribution in [0.5, 0.6) is 0 Å². The molecule has 0 atom stereocenters. The summed E-state index contributed by atoms with van der Waals surface area (Å²) in [6.07, 6.45) is 3.29. The number of rotatable bonds is 2. The Hall–Kier alpha value is -2.96. The molecule has 7 heteroatoms. The van der Waals surface area contributed by atoms with Crippen molar-refractivity contribution < 1.29 is 4.79 Å². The van der Waals surface area contributed by atoms with Crippen molar-refractivity contribution in [2.24, 2.45) is 0 Å². The highest BCUT2D eigenvalue weighted by atomic mass is 16.2. The van der Waals surface area contributed by atoms with E-state index >= 15 is 0 Å². The minimum atomic E-state index is 0.0962. The van der Waals surface area contributed by atoms with Crippen molar-refractivity contribution in [2.45, 2.75) is 13.8 Å². The van der Waals surface area contributed by atoms with Gasteiger partial charge in [0, 0.05) is 31.7 Å². The van der Waals surface area contributed by atoms with Gasteiger partial charge >= 0.3 is 0 Å². The molecule has 25 heavy (non-hydrogen) atoms. The van der Waals surface area contributed by atoms with E-state index in [0.717, 1.165) is 41.1 Å². The summed E-state index contributed by atoms with van der Waals surface area (Å²) in [5.74, 6) is 0.968. The molecule has 1 aromatic carbocycles. The van der Waals surface area contributed by atoms with Gasteiger partial charge in [-0.1, -0.05) is 6.07 Å². The molecule has 0 unspecified atom stereocenters. The molecule has 4 rings (SSSR count). The SMILES string of the molecule is Cc1ccc(C(=O)N2CCN(c3ncnc4[nH]ncc34)CC2)cc1C. The number of carbonyl (C=O) groups is 1. The van der Waals surface area contributed by atoms with Crippen LogP contribution < -0.4 is 4.90 Å². The van der Waals surface area contributed by atoms with Gasteiger partial charge in [-0.2, -0.15) is 5.10 Å². The van der Waals surface area contributed by atoms with Crippen molar-refractivity contribution in [3.63, 3.8) is 0 Å². The standard InChI is InChI=1S/C18H20N6O/c1-12-3-4-14(9-13(12)2)18(25)24-7-5-23(6-8-24)17-15-10-21-22-16(15)19-11-20-17/h3-4,9-11H,5-8H2,1-2H3,(H,19,20,21,22). The van der Waals surface area contributed by atoms with Gasteiger partial charge in [0.05, 0.1) is 11.6 Å². The average molecular weight is 336 g/mol. The number of H-pyrrole nitrogens is 1. The highest BCUT2D eigenvalue weighted by Crippen LogP contribution is 2.22. The van der Waals surface area contributed by atoms with E-state index < -0.39 is 0 Å². The van der Waals surface area contributed by atoms with Gasteiger partial charge in [0.1, 0.15) is 12.1 Å². The first-order chi connectivity index (χ1) is 12.1. The smallest absolute Gasteiger partial charge is 0.253 e. The number of aryl methyl sites for hydroxylation is 2. The van der Waals surface area contributed by atoms with Crippen LogP contribution in [0.1, 0.15) is 21.5 Å². The lowest BCUT2D eigenvalue weighted by molar-refractivity contribution is 0.0746. The monoisotopic (exact) mass is 336 g/mol. The Morgan fingerprint density at radius 2 is 1.88 bits per heavy atom. The molecule has 1 N–H and O–H groups in total. The fourth-order valence-electron chi connectivity index (χ4n) is 3.18. The van der Waals surface area contributed by atoms with E-state index in [0.29, 0.717) is 13.1 Å². The number of piperazine rings is 1. The zero-order valence-electron chi connectivity index (χ0n) is 14.4. The maximum atomic E-state index is 12.7. The van der Waals surface area contributed by atoms with E-state index in [4.69, 9.17) is 0 Å². The Labute approximate surface area is 145 Å². The van der Waals surface area contributed by atoms with E-state index in [2.05, 4.69) is 32.0 Å². The van der Waals surface area contributed by atoms with Gasteiger partial charge in [-0.25, -0.2) is 9.97 Å². The number of benzene rings is 1. The van der Waals surface area contributed by atoms with Crippen molar-refractivity contribution in [1.82, 2.24) is 25.1 Å². The van der Waals surface area contributed by atoms with E-state index in [1.165, 1.54) is 5.56 Å². The topological polar surface area (TPSA) is 78.0 Å². The normalized spacial score (nSPS) is 15.0. The Balaban J connectivity index is 1.48. The molecule has 0 spiro atoms. The molecule has 0 saturated carbocycles. The predicted molar refractivity (Wildman–Crippen MR) is 95.7 cm³/mol. The summed E-state index contributed by atoms with van der Waals surface area (Å²) < 4.78 is 0. The number of aromatic nitrogens is 4. The Morgan fingerprint density at radius 3 is 2.64 bits per heavy atom. The number of fused-ring (bicyclic) bond motifs is 1. The Morgan fingerprint density at radius 1 is 1.08 bits per heavy atom. The molecule has 128 valence electrons. The second-order valence-corrected chi connectivity index (χ2v) is 6.41. The van der Waals surface area contributed by atoms with Crippen LogP contribution in [0.3, 0.4) is 0 Å². The molecule has 1 aliphatic rings. The summed E-state index contributed by atoms with van der Waals surface area (Å²) in [6, 6.07) is 5.90. The van der Waals surface area contributed by atoms with Gasteiger partial charge in [0.25, 0.3) is 5.91 Å². The van der Waals surface area contributed by atoms with Crippen LogP contribution in [0.2, 0.25) is 0 Å². The molecule has 1 fully saturated rings. The summed E-state index contributed by atoms with van der Waals surface area (Å²) in [5.41, 5.74) is 3.84.